The lowest BCUT2D eigenvalue weighted by molar-refractivity contribution is -0.146. The van der Waals surface area contributed by atoms with E-state index in [9.17, 15) is 24.0 Å². The Morgan fingerprint density at radius 3 is 2.42 bits per heavy atom. The van der Waals surface area contributed by atoms with Crippen LogP contribution < -0.4 is 26.4 Å². The number of nitrogens with zero attached hydrogens (tertiary/aromatic N) is 1. The summed E-state index contributed by atoms with van der Waals surface area (Å²) in [4.78, 5) is 65.8. The minimum Gasteiger partial charge on any atom is -0.496 e. The summed E-state index contributed by atoms with van der Waals surface area (Å²) in [5.74, 6) is -1.48. The molecule has 0 saturated carbocycles. The molecule has 13 heteroatoms. The Morgan fingerprint density at radius 1 is 1.07 bits per heavy atom. The molecule has 1 heterocycles. The molecule has 1 aromatic rings. The molecule has 4 amide bonds. The zero-order valence-electron chi connectivity index (χ0n) is 27.7. The maximum absolute atomic E-state index is 13.8. The van der Waals surface area contributed by atoms with Crippen molar-refractivity contribution >= 4 is 29.8 Å². The van der Waals surface area contributed by atoms with Gasteiger partial charge in [0, 0.05) is 13.6 Å². The number of methoxy groups -OCH3 is 2. The highest BCUT2D eigenvalue weighted by molar-refractivity contribution is 5.94. The average Bonchev–Trinajstić information content (AvgIpc) is 2.98. The lowest BCUT2D eigenvalue weighted by Gasteiger charge is -2.31. The van der Waals surface area contributed by atoms with Gasteiger partial charge in [0.1, 0.15) is 29.5 Å². The number of nitrogens with one attached hydrogen (secondary N) is 3. The van der Waals surface area contributed by atoms with Crippen molar-refractivity contribution < 1.29 is 38.2 Å². The van der Waals surface area contributed by atoms with Crippen LogP contribution in [0.3, 0.4) is 0 Å². The fourth-order valence-electron chi connectivity index (χ4n) is 5.11. The Bertz CT molecular complexity index is 1180. The van der Waals surface area contributed by atoms with Crippen molar-refractivity contribution in [2.75, 3.05) is 27.8 Å². The molecule has 13 nitrogen and oxygen atoms in total. The Morgan fingerprint density at radius 2 is 1.78 bits per heavy atom. The number of carbonyl (C=O) groups is 5. The summed E-state index contributed by atoms with van der Waals surface area (Å²) in [6.45, 7) is 7.21. The van der Waals surface area contributed by atoms with Gasteiger partial charge < -0.3 is 40.8 Å². The van der Waals surface area contributed by atoms with Gasteiger partial charge in [-0.15, -0.1) is 0 Å². The third-order valence-electron chi connectivity index (χ3n) is 7.52. The number of fused-ring (bicyclic) bond motifs is 2. The zero-order chi connectivity index (χ0) is 33.7. The van der Waals surface area contributed by atoms with E-state index in [0.717, 1.165) is 18.4 Å². The predicted octanol–water partition coefficient (Wildman–Crippen LogP) is 2.50. The monoisotopic (exact) mass is 633 g/mol. The highest BCUT2D eigenvalue weighted by atomic mass is 16.6. The van der Waals surface area contributed by atoms with Gasteiger partial charge in [-0.3, -0.25) is 14.4 Å². The van der Waals surface area contributed by atoms with Crippen molar-refractivity contribution in [1.29, 1.82) is 0 Å². The van der Waals surface area contributed by atoms with Gasteiger partial charge >= 0.3 is 12.1 Å². The number of ether oxygens (including phenoxy) is 3. The van der Waals surface area contributed by atoms with E-state index in [2.05, 4.69) is 16.0 Å². The molecule has 0 unspecified atom stereocenters. The number of esters is 1. The van der Waals surface area contributed by atoms with Gasteiger partial charge in [-0.2, -0.15) is 0 Å². The first-order valence-corrected chi connectivity index (χ1v) is 15.5. The Labute approximate surface area is 266 Å². The molecule has 4 atom stereocenters. The van der Waals surface area contributed by atoms with Crippen molar-refractivity contribution in [3.8, 4) is 5.75 Å². The van der Waals surface area contributed by atoms with Crippen molar-refractivity contribution in [2.24, 2.45) is 5.73 Å². The molecule has 0 spiro atoms. The summed E-state index contributed by atoms with van der Waals surface area (Å²) in [6, 6.07) is 1.48. The minimum atomic E-state index is -1.10. The number of alkyl carbamates (subject to hydrolysis) is 1. The minimum absolute atomic E-state index is 0.328. The van der Waals surface area contributed by atoms with Crippen LogP contribution in [0.1, 0.15) is 89.8 Å². The van der Waals surface area contributed by atoms with Gasteiger partial charge in [0.2, 0.25) is 17.7 Å². The number of likely N-dealkylation sites (N-methyl/N-ethyl adjacent to an activating group) is 1. The Kier molecular flexibility index (Phi) is 14.6. The van der Waals surface area contributed by atoms with E-state index < -0.39 is 59.6 Å². The van der Waals surface area contributed by atoms with Crippen LogP contribution >= 0.6 is 0 Å². The van der Waals surface area contributed by atoms with Crippen molar-refractivity contribution in [1.82, 2.24) is 20.9 Å². The van der Waals surface area contributed by atoms with Crippen molar-refractivity contribution in [2.45, 2.75) is 109 Å². The van der Waals surface area contributed by atoms with Gasteiger partial charge in [0.05, 0.1) is 20.3 Å². The molecule has 2 rings (SSSR count). The SMILES string of the molecule is COC(=O)[C@@H]1CCCCCc2cc(ccc2OC)[C@H](N(C)C(=O)[C@@H](N)CCCCNC(=O)OC(C)(C)C)C(=O)N[C@@H](C)C(=O)N1. The van der Waals surface area contributed by atoms with Crippen LogP contribution in [0.5, 0.6) is 5.75 Å². The summed E-state index contributed by atoms with van der Waals surface area (Å²) >= 11 is 0. The van der Waals surface area contributed by atoms with E-state index in [1.165, 1.54) is 26.0 Å². The molecule has 0 radical (unpaired) electrons. The fraction of sp³-hybridized carbons (Fsp3) is 0.656. The number of hydrogen-bond acceptors (Lipinski definition) is 9. The molecular weight excluding hydrogens is 582 g/mol. The fourth-order valence-corrected chi connectivity index (χ4v) is 5.11. The number of amides is 4. The van der Waals surface area contributed by atoms with Crippen molar-refractivity contribution in [3.63, 3.8) is 0 Å². The number of benzene rings is 1. The molecule has 252 valence electrons. The van der Waals surface area contributed by atoms with E-state index in [1.54, 1.807) is 40.0 Å². The Hall–Kier alpha value is -3.87. The molecular formula is C32H51N5O8. The quantitative estimate of drug-likeness (QED) is 0.235. The lowest BCUT2D eigenvalue weighted by Crippen LogP contribution is -2.53. The second-order valence-corrected chi connectivity index (χ2v) is 12.4. The second kappa shape index (κ2) is 17.6. The van der Waals surface area contributed by atoms with Crippen LogP contribution in [0.15, 0.2) is 18.2 Å². The molecule has 0 aromatic heterocycles. The third kappa shape index (κ3) is 11.9. The molecule has 1 aliphatic heterocycles. The third-order valence-corrected chi connectivity index (χ3v) is 7.52. The van der Waals surface area contributed by atoms with E-state index in [0.29, 0.717) is 56.4 Å². The number of rotatable bonds is 9. The number of aryl methyl sites for hydroxylation is 1. The van der Waals surface area contributed by atoms with Crippen LogP contribution in [-0.4, -0.2) is 86.2 Å². The van der Waals surface area contributed by atoms with E-state index in [-0.39, 0.29) is 0 Å². The molecule has 5 N–H and O–H groups in total. The highest BCUT2D eigenvalue weighted by Gasteiger charge is 2.34. The summed E-state index contributed by atoms with van der Waals surface area (Å²) < 4.78 is 15.7. The maximum atomic E-state index is 13.8. The first-order chi connectivity index (χ1) is 21.2. The van der Waals surface area contributed by atoms with Gasteiger partial charge in [-0.05, 0) is 89.5 Å². The largest absolute Gasteiger partial charge is 0.496 e. The lowest BCUT2D eigenvalue weighted by atomic mass is 9.97. The van der Waals surface area contributed by atoms with Gasteiger partial charge in [-0.1, -0.05) is 18.9 Å². The van der Waals surface area contributed by atoms with E-state index in [4.69, 9.17) is 19.9 Å². The molecule has 0 aliphatic carbocycles. The maximum Gasteiger partial charge on any atom is 0.407 e. The van der Waals surface area contributed by atoms with E-state index in [1.807, 2.05) is 6.07 Å². The zero-order valence-corrected chi connectivity index (χ0v) is 27.7. The van der Waals surface area contributed by atoms with E-state index >= 15 is 0 Å². The van der Waals surface area contributed by atoms with Crippen LogP contribution in [0.2, 0.25) is 0 Å². The summed E-state index contributed by atoms with van der Waals surface area (Å²) in [5.41, 5.74) is 7.11. The normalized spacial score (nSPS) is 20.3. The summed E-state index contributed by atoms with van der Waals surface area (Å²) in [5, 5.41) is 8.07. The molecule has 1 aromatic carbocycles. The molecule has 45 heavy (non-hydrogen) atoms. The Balaban J connectivity index is 2.24. The topological polar surface area (TPSA) is 178 Å². The summed E-state index contributed by atoms with van der Waals surface area (Å²) in [6.07, 6.45) is 4.22. The average molecular weight is 634 g/mol. The first-order valence-electron chi connectivity index (χ1n) is 15.5. The number of carbonyl (C=O) groups excluding carboxylic acids is 5. The van der Waals surface area contributed by atoms with Crippen LogP contribution in [0.4, 0.5) is 4.79 Å². The van der Waals surface area contributed by atoms with Gasteiger partial charge in [0.25, 0.3) is 0 Å². The smallest absolute Gasteiger partial charge is 0.407 e. The predicted molar refractivity (Wildman–Crippen MR) is 168 cm³/mol. The highest BCUT2D eigenvalue weighted by Crippen LogP contribution is 2.29. The molecule has 0 fully saturated rings. The van der Waals surface area contributed by atoms with Gasteiger partial charge in [0.15, 0.2) is 0 Å². The van der Waals surface area contributed by atoms with Crippen molar-refractivity contribution in [3.05, 3.63) is 29.3 Å². The second-order valence-electron chi connectivity index (χ2n) is 12.4. The van der Waals surface area contributed by atoms with Crippen LogP contribution in [0, 0.1) is 0 Å². The van der Waals surface area contributed by atoms with Gasteiger partial charge in [-0.25, -0.2) is 9.59 Å². The number of nitrogens with two attached hydrogens (primary N) is 1. The van der Waals surface area contributed by atoms with Crippen LogP contribution in [0.25, 0.3) is 0 Å². The standard InChI is InChI=1S/C32H51N5O8/c1-20-27(38)36-24(30(41)44-7)15-10-8-9-13-21-19-22(16-17-25(21)43-6)26(28(39)35-20)37(5)29(40)23(33)14-11-12-18-34-31(42)45-32(2,3)4/h16-17,19-20,23-24,26H,8-15,18,33H2,1-7H3,(H,34,42)(H,35,39)(H,36,38)/t20-,23-,24-,26-/m0/s1. The first kappa shape index (κ1) is 37.3. The molecule has 1 aliphatic rings. The van der Waals surface area contributed by atoms with Crippen LogP contribution in [-0.2, 0) is 35.1 Å². The number of hydrogen-bond donors (Lipinski definition) is 4. The molecule has 2 bridgehead atoms. The molecule has 0 saturated heterocycles. The summed E-state index contributed by atoms with van der Waals surface area (Å²) in [7, 11) is 4.34. The number of unbranched alkanes of at least 4 members (excludes halogenated alkanes) is 1.